The van der Waals surface area contributed by atoms with E-state index >= 15 is 0 Å². The summed E-state index contributed by atoms with van der Waals surface area (Å²) in [6.07, 6.45) is 6.48. The average molecular weight is 266 g/mol. The van der Waals surface area contributed by atoms with Crippen molar-refractivity contribution >= 4 is 5.91 Å². The third-order valence-electron chi connectivity index (χ3n) is 5.25. The van der Waals surface area contributed by atoms with Gasteiger partial charge >= 0.3 is 0 Å². The molecule has 108 valence electrons. The lowest BCUT2D eigenvalue weighted by atomic mass is 9.83. The monoisotopic (exact) mass is 266 g/mol. The first kappa shape index (κ1) is 13.4. The zero-order valence-electron chi connectivity index (χ0n) is 11.9. The predicted molar refractivity (Wildman–Crippen MR) is 73.6 cm³/mol. The van der Waals surface area contributed by atoms with Crippen LogP contribution >= 0.6 is 0 Å². The lowest BCUT2D eigenvalue weighted by Crippen LogP contribution is -2.51. The van der Waals surface area contributed by atoms with Crippen LogP contribution in [0.15, 0.2) is 0 Å². The molecule has 0 spiro atoms. The van der Waals surface area contributed by atoms with Crippen molar-refractivity contribution in [3.63, 3.8) is 0 Å². The van der Waals surface area contributed by atoms with Crippen molar-refractivity contribution in [1.29, 1.82) is 0 Å². The summed E-state index contributed by atoms with van der Waals surface area (Å²) in [7, 11) is 0. The number of hydrogen-bond donors (Lipinski definition) is 1. The Kier molecular flexibility index (Phi) is 3.56. The Labute approximate surface area is 115 Å². The fraction of sp³-hybridized carbons (Fsp3) is 0.933. The number of carbonyl (C=O) groups is 1. The van der Waals surface area contributed by atoms with Crippen LogP contribution in [0.25, 0.3) is 0 Å². The molecule has 3 aliphatic rings. The lowest BCUT2D eigenvalue weighted by Gasteiger charge is -2.35. The largest absolute Gasteiger partial charge is 0.381 e. The first-order chi connectivity index (χ1) is 9.11. The zero-order chi connectivity index (χ0) is 13.5. The number of nitrogens with two attached hydrogens (primary N) is 1. The Morgan fingerprint density at radius 1 is 1.37 bits per heavy atom. The molecule has 1 aliphatic heterocycles. The summed E-state index contributed by atoms with van der Waals surface area (Å²) in [5, 5.41) is 0. The number of ether oxygens (including phenoxy) is 1. The second-order valence-electron chi connectivity index (χ2n) is 6.83. The Hall–Kier alpha value is -0.610. The minimum Gasteiger partial charge on any atom is -0.381 e. The Morgan fingerprint density at radius 2 is 2.16 bits per heavy atom. The summed E-state index contributed by atoms with van der Waals surface area (Å²) in [4.78, 5) is 15.1. The van der Waals surface area contributed by atoms with Gasteiger partial charge in [-0.15, -0.1) is 0 Å². The maximum Gasteiger partial charge on any atom is 0.230 e. The van der Waals surface area contributed by atoms with E-state index in [4.69, 9.17) is 10.5 Å². The van der Waals surface area contributed by atoms with E-state index in [2.05, 4.69) is 11.8 Å². The van der Waals surface area contributed by atoms with Crippen LogP contribution in [0.5, 0.6) is 0 Å². The van der Waals surface area contributed by atoms with Gasteiger partial charge in [-0.25, -0.2) is 0 Å². The molecule has 0 aromatic heterocycles. The molecule has 19 heavy (non-hydrogen) atoms. The van der Waals surface area contributed by atoms with E-state index < -0.39 is 0 Å². The fourth-order valence-corrected chi connectivity index (χ4v) is 3.58. The lowest BCUT2D eigenvalue weighted by molar-refractivity contribution is -0.143. The molecule has 3 atom stereocenters. The van der Waals surface area contributed by atoms with E-state index in [1.807, 2.05) is 0 Å². The number of rotatable bonds is 4. The van der Waals surface area contributed by atoms with Gasteiger partial charge in [-0.2, -0.15) is 0 Å². The number of amides is 1. The van der Waals surface area contributed by atoms with Gasteiger partial charge in [0, 0.05) is 31.2 Å². The van der Waals surface area contributed by atoms with Gasteiger partial charge in [0.2, 0.25) is 5.91 Å². The molecule has 0 aromatic rings. The van der Waals surface area contributed by atoms with Crippen LogP contribution in [0.1, 0.15) is 45.4 Å². The molecule has 2 saturated carbocycles. The van der Waals surface area contributed by atoms with Gasteiger partial charge in [-0.05, 0) is 39.0 Å². The zero-order valence-corrected chi connectivity index (χ0v) is 11.9. The van der Waals surface area contributed by atoms with Crippen molar-refractivity contribution in [1.82, 2.24) is 4.90 Å². The van der Waals surface area contributed by atoms with Crippen molar-refractivity contribution in [2.45, 2.75) is 57.5 Å². The summed E-state index contributed by atoms with van der Waals surface area (Å²) in [6, 6.07) is 0.527. The van der Waals surface area contributed by atoms with Gasteiger partial charge < -0.3 is 15.4 Å². The Morgan fingerprint density at radius 3 is 2.68 bits per heavy atom. The Bertz CT molecular complexity index is 350. The summed E-state index contributed by atoms with van der Waals surface area (Å²) in [5.74, 6) is 0.845. The number of nitrogens with zero attached hydrogens (tertiary/aromatic N) is 1. The maximum atomic E-state index is 13.0. The van der Waals surface area contributed by atoms with E-state index in [-0.39, 0.29) is 11.5 Å². The second-order valence-corrected chi connectivity index (χ2v) is 6.83. The second kappa shape index (κ2) is 5.06. The van der Waals surface area contributed by atoms with Crippen molar-refractivity contribution < 1.29 is 9.53 Å². The minimum absolute atomic E-state index is 0.0427. The SMILES string of the molecule is CC1(C(=O)N(CC2CCOC2)C2CC2)CCCC1N. The third kappa shape index (κ3) is 2.52. The van der Waals surface area contributed by atoms with Gasteiger partial charge in [0.05, 0.1) is 12.0 Å². The van der Waals surface area contributed by atoms with Crippen molar-refractivity contribution in [3.05, 3.63) is 0 Å². The molecule has 3 unspecified atom stereocenters. The molecule has 3 fully saturated rings. The molecule has 0 radical (unpaired) electrons. The van der Waals surface area contributed by atoms with E-state index in [9.17, 15) is 4.79 Å². The topological polar surface area (TPSA) is 55.6 Å². The maximum absolute atomic E-state index is 13.0. The van der Waals surface area contributed by atoms with Gasteiger partial charge in [0.25, 0.3) is 0 Å². The molecule has 3 rings (SSSR count). The highest BCUT2D eigenvalue weighted by Gasteiger charge is 2.48. The normalized spacial score (nSPS) is 38.6. The summed E-state index contributed by atoms with van der Waals surface area (Å²) >= 11 is 0. The van der Waals surface area contributed by atoms with Gasteiger partial charge in [-0.3, -0.25) is 4.79 Å². The molecular formula is C15H26N2O2. The quantitative estimate of drug-likeness (QED) is 0.839. The van der Waals surface area contributed by atoms with Crippen LogP contribution in [0.3, 0.4) is 0 Å². The Balaban J connectivity index is 1.70. The molecular weight excluding hydrogens is 240 g/mol. The predicted octanol–water partition coefficient (Wildman–Crippen LogP) is 1.53. The first-order valence-electron chi connectivity index (χ1n) is 7.75. The van der Waals surface area contributed by atoms with E-state index in [0.29, 0.717) is 17.9 Å². The van der Waals surface area contributed by atoms with Crippen LogP contribution < -0.4 is 5.73 Å². The number of hydrogen-bond acceptors (Lipinski definition) is 3. The third-order valence-corrected chi connectivity index (χ3v) is 5.25. The average Bonchev–Trinajstić information content (AvgIpc) is 3.00. The molecule has 2 N–H and O–H groups in total. The molecule has 4 heteroatoms. The summed E-state index contributed by atoms with van der Waals surface area (Å²) in [5.41, 5.74) is 5.89. The van der Waals surface area contributed by atoms with Gasteiger partial charge in [0.15, 0.2) is 0 Å². The standard InChI is InChI=1S/C15H26N2O2/c1-15(7-2-3-13(15)16)14(18)17(12-4-5-12)9-11-6-8-19-10-11/h11-13H,2-10,16H2,1H3. The summed E-state index contributed by atoms with van der Waals surface area (Å²) in [6.45, 7) is 4.63. The highest BCUT2D eigenvalue weighted by atomic mass is 16.5. The molecule has 2 aliphatic carbocycles. The molecule has 1 heterocycles. The van der Waals surface area contributed by atoms with Crippen LogP contribution in [0.2, 0.25) is 0 Å². The first-order valence-corrected chi connectivity index (χ1v) is 7.75. The summed E-state index contributed by atoms with van der Waals surface area (Å²) < 4.78 is 5.45. The minimum atomic E-state index is -0.317. The van der Waals surface area contributed by atoms with E-state index in [1.54, 1.807) is 0 Å². The molecule has 0 aromatic carbocycles. The van der Waals surface area contributed by atoms with E-state index in [1.165, 1.54) is 12.8 Å². The molecule has 1 amide bonds. The highest BCUT2D eigenvalue weighted by molar-refractivity contribution is 5.84. The van der Waals surface area contributed by atoms with Crippen LogP contribution in [0.4, 0.5) is 0 Å². The van der Waals surface area contributed by atoms with Crippen LogP contribution in [-0.4, -0.2) is 42.6 Å². The highest BCUT2D eigenvalue weighted by Crippen LogP contribution is 2.41. The van der Waals surface area contributed by atoms with Crippen LogP contribution in [-0.2, 0) is 9.53 Å². The van der Waals surface area contributed by atoms with E-state index in [0.717, 1.165) is 45.4 Å². The van der Waals surface area contributed by atoms with Gasteiger partial charge in [-0.1, -0.05) is 6.42 Å². The number of carbonyl (C=O) groups excluding carboxylic acids is 1. The van der Waals surface area contributed by atoms with Crippen LogP contribution in [0, 0.1) is 11.3 Å². The molecule has 4 nitrogen and oxygen atoms in total. The van der Waals surface area contributed by atoms with Crippen molar-refractivity contribution in [3.8, 4) is 0 Å². The molecule has 1 saturated heterocycles. The smallest absolute Gasteiger partial charge is 0.230 e. The van der Waals surface area contributed by atoms with Gasteiger partial charge in [0.1, 0.15) is 0 Å². The van der Waals surface area contributed by atoms with Crippen molar-refractivity contribution in [2.24, 2.45) is 17.1 Å². The van der Waals surface area contributed by atoms with Crippen molar-refractivity contribution in [2.75, 3.05) is 19.8 Å². The fourth-order valence-electron chi connectivity index (χ4n) is 3.58. The molecule has 0 bridgehead atoms.